The Morgan fingerprint density at radius 3 is 1.77 bits per heavy atom. The Kier molecular flexibility index (Phi) is 8.44. The van der Waals surface area contributed by atoms with Gasteiger partial charge in [0.1, 0.15) is 0 Å². The zero-order valence-corrected chi connectivity index (χ0v) is 35.4. The van der Waals surface area contributed by atoms with Crippen LogP contribution in [0, 0.1) is 0 Å². The molecular formula is C59H48N2. The van der Waals surface area contributed by atoms with E-state index in [1.54, 1.807) is 0 Å². The SMILES string of the molecule is CC(C)(C)c1ccccc1-c1ccc(N(c2ccccc2)c2ccc(-c3ccc4c(c3)c3c5ccccc5ccc3n4-c3ccc4c(c3)C(C)(C)c3ccccc3-4)cc2)cc1. The molecule has 0 spiro atoms. The lowest BCUT2D eigenvalue weighted by Gasteiger charge is -2.26. The molecule has 0 aliphatic heterocycles. The van der Waals surface area contributed by atoms with Crippen molar-refractivity contribution in [2.24, 2.45) is 0 Å². The molecule has 11 rings (SSSR count). The van der Waals surface area contributed by atoms with Crippen LogP contribution in [0.15, 0.2) is 200 Å². The Bertz CT molecular complexity index is 3290. The highest BCUT2D eigenvalue weighted by atomic mass is 15.1. The summed E-state index contributed by atoms with van der Waals surface area (Å²) in [5, 5.41) is 5.08. The molecule has 61 heavy (non-hydrogen) atoms. The van der Waals surface area contributed by atoms with Crippen LogP contribution < -0.4 is 4.90 Å². The zero-order valence-electron chi connectivity index (χ0n) is 35.4. The number of hydrogen-bond donors (Lipinski definition) is 0. The average molecular weight is 785 g/mol. The summed E-state index contributed by atoms with van der Waals surface area (Å²) in [5.74, 6) is 0. The molecule has 0 amide bonds. The number of anilines is 3. The molecule has 294 valence electrons. The maximum atomic E-state index is 2.48. The molecule has 9 aromatic carbocycles. The Hall–Kier alpha value is -7.16. The average Bonchev–Trinajstić information content (AvgIpc) is 3.75. The quantitative estimate of drug-likeness (QED) is 0.163. The lowest BCUT2D eigenvalue weighted by Crippen LogP contribution is -2.15. The van der Waals surface area contributed by atoms with Gasteiger partial charge in [-0.1, -0.05) is 168 Å². The molecule has 2 nitrogen and oxygen atoms in total. The molecule has 0 N–H and O–H groups in total. The molecule has 0 bridgehead atoms. The van der Waals surface area contributed by atoms with E-state index in [4.69, 9.17) is 0 Å². The fourth-order valence-corrected chi connectivity index (χ4v) is 10.1. The van der Waals surface area contributed by atoms with E-state index >= 15 is 0 Å². The number of para-hydroxylation sites is 1. The van der Waals surface area contributed by atoms with Crippen molar-refractivity contribution in [3.05, 3.63) is 217 Å². The van der Waals surface area contributed by atoms with Crippen molar-refractivity contribution in [1.82, 2.24) is 4.57 Å². The largest absolute Gasteiger partial charge is 0.311 e. The van der Waals surface area contributed by atoms with Gasteiger partial charge in [0.25, 0.3) is 0 Å². The van der Waals surface area contributed by atoms with Crippen LogP contribution >= 0.6 is 0 Å². The van der Waals surface area contributed by atoms with Crippen LogP contribution in [0.4, 0.5) is 17.1 Å². The Balaban J connectivity index is 1.00. The van der Waals surface area contributed by atoms with Gasteiger partial charge in [-0.15, -0.1) is 0 Å². The Labute approximate surface area is 359 Å². The minimum Gasteiger partial charge on any atom is -0.311 e. The van der Waals surface area contributed by atoms with Crippen molar-refractivity contribution >= 4 is 49.6 Å². The van der Waals surface area contributed by atoms with E-state index in [9.17, 15) is 0 Å². The second-order valence-electron chi connectivity index (χ2n) is 18.2. The first-order chi connectivity index (χ1) is 29.6. The number of nitrogens with zero attached hydrogens (tertiary/aromatic N) is 2. The van der Waals surface area contributed by atoms with Gasteiger partial charge >= 0.3 is 0 Å². The summed E-state index contributed by atoms with van der Waals surface area (Å²) in [4.78, 5) is 2.35. The third kappa shape index (κ3) is 6.00. The molecule has 0 fully saturated rings. The van der Waals surface area contributed by atoms with Crippen molar-refractivity contribution in [3.63, 3.8) is 0 Å². The van der Waals surface area contributed by atoms with E-state index in [1.165, 1.54) is 88.3 Å². The normalized spacial score (nSPS) is 13.1. The molecule has 1 aliphatic carbocycles. The molecule has 2 heteroatoms. The third-order valence-electron chi connectivity index (χ3n) is 13.1. The maximum Gasteiger partial charge on any atom is 0.0547 e. The van der Waals surface area contributed by atoms with Crippen LogP contribution in [-0.2, 0) is 10.8 Å². The molecule has 1 heterocycles. The lowest BCUT2D eigenvalue weighted by atomic mass is 9.82. The van der Waals surface area contributed by atoms with Crippen molar-refractivity contribution in [3.8, 4) is 39.1 Å². The first-order valence-electron chi connectivity index (χ1n) is 21.5. The van der Waals surface area contributed by atoms with Crippen LogP contribution in [0.5, 0.6) is 0 Å². The van der Waals surface area contributed by atoms with E-state index in [0.29, 0.717) is 0 Å². The predicted molar refractivity (Wildman–Crippen MR) is 260 cm³/mol. The molecule has 1 aliphatic rings. The molecule has 0 radical (unpaired) electrons. The first-order valence-corrected chi connectivity index (χ1v) is 21.5. The van der Waals surface area contributed by atoms with Crippen LogP contribution in [0.25, 0.3) is 71.6 Å². The van der Waals surface area contributed by atoms with Gasteiger partial charge < -0.3 is 9.47 Å². The molecule has 0 saturated heterocycles. The topological polar surface area (TPSA) is 8.17 Å². The van der Waals surface area contributed by atoms with Gasteiger partial charge in [-0.05, 0) is 133 Å². The Morgan fingerprint density at radius 1 is 0.426 bits per heavy atom. The van der Waals surface area contributed by atoms with Gasteiger partial charge in [0.15, 0.2) is 0 Å². The smallest absolute Gasteiger partial charge is 0.0547 e. The number of hydrogen-bond acceptors (Lipinski definition) is 1. The fraction of sp³-hybridized carbons (Fsp3) is 0.119. The van der Waals surface area contributed by atoms with Crippen LogP contribution in [0.1, 0.15) is 51.3 Å². The second-order valence-corrected chi connectivity index (χ2v) is 18.2. The second kappa shape index (κ2) is 14.0. The monoisotopic (exact) mass is 784 g/mol. The molecule has 10 aromatic rings. The van der Waals surface area contributed by atoms with Gasteiger partial charge in [-0.2, -0.15) is 0 Å². The van der Waals surface area contributed by atoms with E-state index in [2.05, 4.69) is 244 Å². The number of benzene rings is 9. The summed E-state index contributed by atoms with van der Waals surface area (Å²) in [5.41, 5.74) is 18.7. The molecular weight excluding hydrogens is 737 g/mol. The Morgan fingerprint density at radius 2 is 1.02 bits per heavy atom. The first kappa shape index (κ1) is 36.9. The molecule has 0 atom stereocenters. The van der Waals surface area contributed by atoms with Crippen molar-refractivity contribution in [2.45, 2.75) is 45.4 Å². The fourth-order valence-electron chi connectivity index (χ4n) is 10.1. The van der Waals surface area contributed by atoms with Gasteiger partial charge in [0.2, 0.25) is 0 Å². The maximum absolute atomic E-state index is 2.48. The summed E-state index contributed by atoms with van der Waals surface area (Å²) < 4.78 is 2.48. The van der Waals surface area contributed by atoms with Gasteiger partial charge in [0.05, 0.1) is 11.0 Å². The van der Waals surface area contributed by atoms with Crippen molar-refractivity contribution in [1.29, 1.82) is 0 Å². The standard InChI is InChI=1S/C59H48N2/c1-58(2,3)52-21-13-11-18-47(52)41-25-31-45(32-26-41)60(43-16-7-6-8-17-43)44-29-23-39(24-30-44)42-28-35-55-51(37-42)57-48-19-10-9-15-40(48)27-36-56(57)61(55)46-33-34-50-49-20-12-14-22-53(49)59(4,5)54(50)38-46/h6-38H,1-5H3. The highest BCUT2D eigenvalue weighted by molar-refractivity contribution is 6.22. The minimum atomic E-state index is -0.0788. The van der Waals surface area contributed by atoms with Crippen molar-refractivity contribution in [2.75, 3.05) is 4.90 Å². The summed E-state index contributed by atoms with van der Waals surface area (Å²) in [6.07, 6.45) is 0. The molecule has 1 aromatic heterocycles. The van der Waals surface area contributed by atoms with Gasteiger partial charge in [-0.3, -0.25) is 0 Å². The molecule has 0 unspecified atom stereocenters. The van der Waals surface area contributed by atoms with E-state index < -0.39 is 0 Å². The van der Waals surface area contributed by atoms with Crippen molar-refractivity contribution < 1.29 is 0 Å². The molecule has 0 saturated carbocycles. The van der Waals surface area contributed by atoms with Crippen LogP contribution in [0.2, 0.25) is 0 Å². The van der Waals surface area contributed by atoms with Gasteiger partial charge in [-0.25, -0.2) is 0 Å². The highest BCUT2D eigenvalue weighted by Gasteiger charge is 2.35. The highest BCUT2D eigenvalue weighted by Crippen LogP contribution is 2.50. The zero-order chi connectivity index (χ0) is 41.5. The third-order valence-corrected chi connectivity index (χ3v) is 13.1. The summed E-state index contributed by atoms with van der Waals surface area (Å²) in [7, 11) is 0. The summed E-state index contributed by atoms with van der Waals surface area (Å²) >= 11 is 0. The number of fused-ring (bicyclic) bond motifs is 8. The van der Waals surface area contributed by atoms with Gasteiger partial charge in [0, 0.05) is 38.9 Å². The number of rotatable bonds is 6. The van der Waals surface area contributed by atoms with E-state index in [1.807, 2.05) is 0 Å². The summed E-state index contributed by atoms with van der Waals surface area (Å²) in [6.45, 7) is 11.6. The van der Waals surface area contributed by atoms with Crippen LogP contribution in [-0.4, -0.2) is 4.57 Å². The van der Waals surface area contributed by atoms with Crippen LogP contribution in [0.3, 0.4) is 0 Å². The van der Waals surface area contributed by atoms with E-state index in [0.717, 1.165) is 17.1 Å². The summed E-state index contributed by atoms with van der Waals surface area (Å²) in [6, 6.07) is 74.0. The predicted octanol–water partition coefficient (Wildman–Crippen LogP) is 16.3. The number of aromatic nitrogens is 1. The minimum absolute atomic E-state index is 0.0512. The van der Waals surface area contributed by atoms with E-state index in [-0.39, 0.29) is 10.8 Å². The lowest BCUT2D eigenvalue weighted by molar-refractivity contribution is 0.592.